The molecule has 0 aliphatic carbocycles. The molecular weight excluding hydrogens is 368 g/mol. The lowest BCUT2D eigenvalue weighted by atomic mass is 9.91. The summed E-state index contributed by atoms with van der Waals surface area (Å²) in [4.78, 5) is 26.8. The van der Waals surface area contributed by atoms with Crippen LogP contribution in [0.2, 0.25) is 0 Å². The molecule has 130 valence electrons. The number of benzene rings is 1. The zero-order valence-corrected chi connectivity index (χ0v) is 15.2. The van der Waals surface area contributed by atoms with E-state index in [1.54, 1.807) is 30.3 Å². The molecule has 3 aromatic heterocycles. The van der Waals surface area contributed by atoms with Gasteiger partial charge < -0.3 is 9.52 Å². The van der Waals surface area contributed by atoms with Gasteiger partial charge in [0.25, 0.3) is 0 Å². The Kier molecular flexibility index (Phi) is 4.44. The number of carbonyl (C=O) groups excluding carboxylic acids is 1. The zero-order valence-electron chi connectivity index (χ0n) is 13.5. The first-order valence-electron chi connectivity index (χ1n) is 8.00. The molecule has 0 fully saturated rings. The van der Waals surface area contributed by atoms with Crippen LogP contribution >= 0.6 is 22.7 Å². The van der Waals surface area contributed by atoms with Gasteiger partial charge in [0.1, 0.15) is 11.3 Å². The van der Waals surface area contributed by atoms with Gasteiger partial charge in [0, 0.05) is 17.2 Å². The van der Waals surface area contributed by atoms with Gasteiger partial charge in [0.05, 0.1) is 15.8 Å². The van der Waals surface area contributed by atoms with Crippen LogP contribution in [0, 0.1) is 0 Å². The fourth-order valence-corrected chi connectivity index (χ4v) is 4.53. The molecule has 1 aromatic carbocycles. The van der Waals surface area contributed by atoms with Gasteiger partial charge in [-0.2, -0.15) is 0 Å². The molecule has 0 radical (unpaired) electrons. The minimum atomic E-state index is -0.612. The molecule has 0 amide bonds. The normalized spacial score (nSPS) is 12.3. The van der Waals surface area contributed by atoms with Crippen LogP contribution in [0.3, 0.4) is 0 Å². The standard InChI is InChI=1S/C20H14O4S2/c21-14(17-8-4-10-26-17)11-13(16-7-3-9-25-16)18-19(22)12-5-1-2-6-15(12)24-20(18)23/h1-10,13,22H,11H2/t13-/m0/s1. The zero-order chi connectivity index (χ0) is 18.1. The van der Waals surface area contributed by atoms with Crippen LogP contribution in [0.5, 0.6) is 5.75 Å². The Bertz CT molecular complexity index is 1110. The highest BCUT2D eigenvalue weighted by molar-refractivity contribution is 7.12. The molecule has 3 heterocycles. The third kappa shape index (κ3) is 2.98. The first-order chi connectivity index (χ1) is 12.6. The van der Waals surface area contributed by atoms with Gasteiger partial charge in [-0.1, -0.05) is 24.3 Å². The summed E-state index contributed by atoms with van der Waals surface area (Å²) >= 11 is 2.81. The van der Waals surface area contributed by atoms with Crippen LogP contribution < -0.4 is 5.63 Å². The first-order valence-corrected chi connectivity index (χ1v) is 9.76. The molecule has 6 heteroatoms. The Hall–Kier alpha value is -2.70. The van der Waals surface area contributed by atoms with Crippen molar-refractivity contribution < 1.29 is 14.3 Å². The van der Waals surface area contributed by atoms with Crippen molar-refractivity contribution >= 4 is 39.4 Å². The van der Waals surface area contributed by atoms with E-state index in [1.165, 1.54) is 22.7 Å². The maximum absolute atomic E-state index is 12.7. The van der Waals surface area contributed by atoms with E-state index in [0.29, 0.717) is 15.8 Å². The fraction of sp³-hybridized carbons (Fsp3) is 0.100. The molecule has 0 saturated heterocycles. The lowest BCUT2D eigenvalue weighted by Crippen LogP contribution is -2.16. The van der Waals surface area contributed by atoms with E-state index in [4.69, 9.17) is 4.42 Å². The number of fused-ring (bicyclic) bond motifs is 1. The first kappa shape index (κ1) is 16.8. The molecule has 1 atom stereocenters. The van der Waals surface area contributed by atoms with Crippen molar-refractivity contribution in [2.45, 2.75) is 12.3 Å². The van der Waals surface area contributed by atoms with Crippen LogP contribution in [-0.2, 0) is 0 Å². The van der Waals surface area contributed by atoms with Gasteiger partial charge in [0.15, 0.2) is 5.78 Å². The summed E-state index contributed by atoms with van der Waals surface area (Å²) in [6.07, 6.45) is 0.0949. The number of hydrogen-bond donors (Lipinski definition) is 1. The second-order valence-electron chi connectivity index (χ2n) is 5.82. The third-order valence-electron chi connectivity index (χ3n) is 4.24. The number of ketones is 1. The molecule has 4 rings (SSSR count). The van der Waals surface area contributed by atoms with E-state index in [2.05, 4.69) is 0 Å². The number of rotatable bonds is 5. The van der Waals surface area contributed by atoms with Gasteiger partial charge in [-0.3, -0.25) is 4.79 Å². The van der Waals surface area contributed by atoms with E-state index in [-0.39, 0.29) is 23.5 Å². The molecule has 26 heavy (non-hydrogen) atoms. The number of Topliss-reactive ketones (excluding diaryl/α,β-unsaturated/α-hetero) is 1. The van der Waals surface area contributed by atoms with Crippen molar-refractivity contribution in [1.29, 1.82) is 0 Å². The molecule has 0 spiro atoms. The Balaban J connectivity index is 1.86. The molecule has 0 aliphatic rings. The second kappa shape index (κ2) is 6.90. The van der Waals surface area contributed by atoms with E-state index < -0.39 is 11.5 Å². The van der Waals surface area contributed by atoms with E-state index in [9.17, 15) is 14.7 Å². The number of aromatic hydroxyl groups is 1. The van der Waals surface area contributed by atoms with Crippen LogP contribution in [-0.4, -0.2) is 10.9 Å². The maximum Gasteiger partial charge on any atom is 0.343 e. The summed E-state index contributed by atoms with van der Waals surface area (Å²) < 4.78 is 5.41. The Labute approximate surface area is 157 Å². The number of thiophene rings is 2. The second-order valence-corrected chi connectivity index (χ2v) is 7.75. The maximum atomic E-state index is 12.7. The van der Waals surface area contributed by atoms with Crippen LogP contribution in [0.25, 0.3) is 11.0 Å². The Morgan fingerprint density at radius 3 is 2.54 bits per heavy atom. The Morgan fingerprint density at radius 2 is 1.81 bits per heavy atom. The SMILES string of the molecule is O=C(C[C@@H](c1cccs1)c1c(O)c2ccccc2oc1=O)c1cccs1. The lowest BCUT2D eigenvalue weighted by molar-refractivity contribution is 0.0981. The quantitative estimate of drug-likeness (QED) is 0.388. The number of hydrogen-bond acceptors (Lipinski definition) is 6. The summed E-state index contributed by atoms with van der Waals surface area (Å²) in [6, 6.07) is 14.2. The number of carbonyl (C=O) groups is 1. The molecule has 0 bridgehead atoms. The average Bonchev–Trinajstić information content (AvgIpc) is 3.34. The lowest BCUT2D eigenvalue weighted by Gasteiger charge is -2.16. The highest BCUT2D eigenvalue weighted by atomic mass is 32.1. The van der Waals surface area contributed by atoms with Crippen LogP contribution in [0.1, 0.15) is 32.5 Å². The summed E-state index contributed by atoms with van der Waals surface area (Å²) in [5.41, 5.74) is -0.150. The topological polar surface area (TPSA) is 67.5 Å². The van der Waals surface area contributed by atoms with Crippen molar-refractivity contribution in [3.05, 3.63) is 85.0 Å². The molecule has 0 unspecified atom stereocenters. The van der Waals surface area contributed by atoms with E-state index in [1.807, 2.05) is 29.0 Å². The smallest absolute Gasteiger partial charge is 0.343 e. The fourth-order valence-electron chi connectivity index (χ4n) is 3.01. The van der Waals surface area contributed by atoms with Crippen molar-refractivity contribution in [2.75, 3.05) is 0 Å². The van der Waals surface area contributed by atoms with Crippen LogP contribution in [0.15, 0.2) is 68.5 Å². The number of para-hydroxylation sites is 1. The van der Waals surface area contributed by atoms with Gasteiger partial charge >= 0.3 is 5.63 Å². The van der Waals surface area contributed by atoms with Crippen molar-refractivity contribution in [3.8, 4) is 5.75 Å². The minimum absolute atomic E-state index is 0.0645. The van der Waals surface area contributed by atoms with Gasteiger partial charge in [-0.05, 0) is 35.0 Å². The minimum Gasteiger partial charge on any atom is -0.507 e. The summed E-state index contributed by atoms with van der Waals surface area (Å²) in [7, 11) is 0. The van der Waals surface area contributed by atoms with Crippen LogP contribution in [0.4, 0.5) is 0 Å². The molecule has 0 saturated carbocycles. The molecule has 4 nitrogen and oxygen atoms in total. The molecular formula is C20H14O4S2. The molecule has 0 aliphatic heterocycles. The summed E-state index contributed by atoms with van der Waals surface area (Å²) in [5, 5.41) is 15.0. The highest BCUT2D eigenvalue weighted by Crippen LogP contribution is 2.38. The monoisotopic (exact) mass is 382 g/mol. The van der Waals surface area contributed by atoms with E-state index in [0.717, 1.165) is 4.88 Å². The molecule has 1 N–H and O–H groups in total. The predicted molar refractivity (Wildman–Crippen MR) is 104 cm³/mol. The largest absolute Gasteiger partial charge is 0.507 e. The van der Waals surface area contributed by atoms with Gasteiger partial charge in [-0.25, -0.2) is 4.79 Å². The van der Waals surface area contributed by atoms with Gasteiger partial charge in [-0.15, -0.1) is 22.7 Å². The van der Waals surface area contributed by atoms with E-state index >= 15 is 0 Å². The van der Waals surface area contributed by atoms with Crippen molar-refractivity contribution in [2.24, 2.45) is 0 Å². The van der Waals surface area contributed by atoms with Crippen molar-refractivity contribution in [1.82, 2.24) is 0 Å². The third-order valence-corrected chi connectivity index (χ3v) is 6.14. The summed E-state index contributed by atoms with van der Waals surface area (Å²) in [5.74, 6) is -0.731. The molecule has 4 aromatic rings. The Morgan fingerprint density at radius 1 is 1.04 bits per heavy atom. The van der Waals surface area contributed by atoms with Crippen molar-refractivity contribution in [3.63, 3.8) is 0 Å². The van der Waals surface area contributed by atoms with Gasteiger partial charge in [0.2, 0.25) is 0 Å². The highest BCUT2D eigenvalue weighted by Gasteiger charge is 2.28. The summed E-state index contributed by atoms with van der Waals surface area (Å²) in [6.45, 7) is 0. The average molecular weight is 382 g/mol. The predicted octanol–water partition coefficient (Wildman–Crippen LogP) is 5.03.